The van der Waals surface area contributed by atoms with Crippen molar-refractivity contribution in [3.8, 4) is 0 Å². The number of fused-ring (bicyclic) bond motifs is 1. The maximum atomic E-state index is 12.8. The lowest BCUT2D eigenvalue weighted by Crippen LogP contribution is -2.24. The number of hydrogen-bond acceptors (Lipinski definition) is 3. The van der Waals surface area contributed by atoms with Crippen LogP contribution in [0.25, 0.3) is 0 Å². The molecule has 0 saturated heterocycles. The van der Waals surface area contributed by atoms with E-state index in [-0.39, 0.29) is 18.1 Å². The number of aryl methyl sites for hydroxylation is 1. The monoisotopic (exact) mass is 377 g/mol. The van der Waals surface area contributed by atoms with Crippen molar-refractivity contribution in [1.29, 1.82) is 0 Å². The lowest BCUT2D eigenvalue weighted by Gasteiger charge is -2.25. The van der Waals surface area contributed by atoms with Crippen LogP contribution < -0.4 is 5.32 Å². The average molecular weight is 378 g/mol. The molecule has 0 spiro atoms. The molecule has 1 unspecified atom stereocenters. The number of carbonyl (C=O) groups excluding carboxylic acids is 1. The number of rotatable bonds is 5. The SMILES string of the molecule is O=C(CCS(=O)(=O)C1CCCc2ccccc21)Nc1ccccc1Cl. The van der Waals surface area contributed by atoms with E-state index < -0.39 is 15.1 Å². The molecule has 2 aromatic rings. The van der Waals surface area contributed by atoms with Gasteiger partial charge in [-0.3, -0.25) is 4.79 Å². The summed E-state index contributed by atoms with van der Waals surface area (Å²) in [5.41, 5.74) is 2.48. The molecule has 1 aliphatic carbocycles. The van der Waals surface area contributed by atoms with Gasteiger partial charge in [0.2, 0.25) is 5.91 Å². The Kier molecular flexibility index (Phi) is 5.45. The van der Waals surface area contributed by atoms with Crippen LogP contribution >= 0.6 is 11.6 Å². The second-order valence-corrected chi connectivity index (χ2v) is 8.93. The highest BCUT2D eigenvalue weighted by Crippen LogP contribution is 2.36. The zero-order valence-corrected chi connectivity index (χ0v) is 15.3. The summed E-state index contributed by atoms with van der Waals surface area (Å²) in [5.74, 6) is -0.511. The Morgan fingerprint density at radius 1 is 1.12 bits per heavy atom. The molecule has 0 saturated carbocycles. The van der Waals surface area contributed by atoms with Gasteiger partial charge in [-0.15, -0.1) is 0 Å². The first-order valence-electron chi connectivity index (χ1n) is 8.31. The number of benzene rings is 2. The van der Waals surface area contributed by atoms with Crippen LogP contribution in [-0.2, 0) is 21.1 Å². The number of hydrogen-bond donors (Lipinski definition) is 1. The topological polar surface area (TPSA) is 63.2 Å². The van der Waals surface area contributed by atoms with Crippen molar-refractivity contribution >= 4 is 33.0 Å². The van der Waals surface area contributed by atoms with Crippen molar-refractivity contribution in [3.05, 3.63) is 64.7 Å². The zero-order valence-electron chi connectivity index (χ0n) is 13.7. The molecule has 132 valence electrons. The molecule has 0 radical (unpaired) electrons. The van der Waals surface area contributed by atoms with E-state index in [4.69, 9.17) is 11.6 Å². The Balaban J connectivity index is 1.67. The van der Waals surface area contributed by atoms with Gasteiger partial charge in [-0.05, 0) is 42.5 Å². The van der Waals surface area contributed by atoms with E-state index in [9.17, 15) is 13.2 Å². The number of amides is 1. The van der Waals surface area contributed by atoms with Gasteiger partial charge in [-0.2, -0.15) is 0 Å². The fraction of sp³-hybridized carbons (Fsp3) is 0.316. The molecular formula is C19H20ClNO3S. The number of carbonyl (C=O) groups is 1. The van der Waals surface area contributed by atoms with E-state index in [1.165, 1.54) is 0 Å². The predicted octanol–water partition coefficient (Wildman–Crippen LogP) is 4.16. The van der Waals surface area contributed by atoms with E-state index in [1.807, 2.05) is 24.3 Å². The van der Waals surface area contributed by atoms with E-state index >= 15 is 0 Å². The number of sulfone groups is 1. The second kappa shape index (κ2) is 7.58. The number of para-hydroxylation sites is 1. The van der Waals surface area contributed by atoms with Crippen molar-refractivity contribution in [2.45, 2.75) is 30.9 Å². The third-order valence-electron chi connectivity index (χ3n) is 4.51. The summed E-state index contributed by atoms with van der Waals surface area (Å²) < 4.78 is 25.5. The number of anilines is 1. The second-order valence-electron chi connectivity index (χ2n) is 6.22. The molecular weight excluding hydrogens is 358 g/mol. The fourth-order valence-corrected chi connectivity index (χ4v) is 5.31. The number of nitrogens with one attached hydrogen (secondary N) is 1. The standard InChI is InChI=1S/C19H20ClNO3S/c20-16-9-3-4-10-17(16)21-19(22)12-13-25(23,24)18-11-5-7-14-6-1-2-8-15(14)18/h1-4,6,8-10,18H,5,7,11-13H2,(H,21,22). The molecule has 0 heterocycles. The van der Waals surface area contributed by atoms with Gasteiger partial charge < -0.3 is 5.32 Å². The average Bonchev–Trinajstić information content (AvgIpc) is 2.61. The summed E-state index contributed by atoms with van der Waals surface area (Å²) in [6.45, 7) is 0. The Morgan fingerprint density at radius 3 is 2.64 bits per heavy atom. The van der Waals surface area contributed by atoms with E-state index in [1.54, 1.807) is 24.3 Å². The van der Waals surface area contributed by atoms with E-state index in [0.717, 1.165) is 24.0 Å². The quantitative estimate of drug-likeness (QED) is 0.850. The van der Waals surface area contributed by atoms with Crippen LogP contribution in [0.2, 0.25) is 5.02 Å². The van der Waals surface area contributed by atoms with Gasteiger partial charge in [0, 0.05) is 6.42 Å². The van der Waals surface area contributed by atoms with E-state index in [0.29, 0.717) is 17.1 Å². The highest BCUT2D eigenvalue weighted by atomic mass is 35.5. The Labute approximate surface area is 153 Å². The normalized spacial score (nSPS) is 16.9. The lowest BCUT2D eigenvalue weighted by molar-refractivity contribution is -0.115. The Hall–Kier alpha value is -1.85. The van der Waals surface area contributed by atoms with Crippen LogP contribution in [0.4, 0.5) is 5.69 Å². The molecule has 1 N–H and O–H groups in total. The van der Waals surface area contributed by atoms with Gasteiger partial charge in [0.15, 0.2) is 9.84 Å². The highest BCUT2D eigenvalue weighted by Gasteiger charge is 2.31. The molecule has 4 nitrogen and oxygen atoms in total. The zero-order chi connectivity index (χ0) is 17.9. The summed E-state index contributed by atoms with van der Waals surface area (Å²) in [7, 11) is -3.39. The van der Waals surface area contributed by atoms with Crippen LogP contribution in [0.5, 0.6) is 0 Å². The largest absolute Gasteiger partial charge is 0.325 e. The van der Waals surface area contributed by atoms with Crippen LogP contribution in [0.3, 0.4) is 0 Å². The Bertz CT molecular complexity index is 880. The lowest BCUT2D eigenvalue weighted by atomic mass is 9.91. The summed E-state index contributed by atoms with van der Waals surface area (Å²) in [5, 5.41) is 2.59. The van der Waals surface area contributed by atoms with Gasteiger partial charge in [-0.25, -0.2) is 8.42 Å². The first kappa shape index (κ1) is 18.0. The van der Waals surface area contributed by atoms with Gasteiger partial charge in [-0.1, -0.05) is 48.0 Å². The van der Waals surface area contributed by atoms with Crippen molar-refractivity contribution in [2.75, 3.05) is 11.1 Å². The third-order valence-corrected chi connectivity index (χ3v) is 6.97. The molecule has 3 rings (SSSR count). The minimum Gasteiger partial charge on any atom is -0.325 e. The summed E-state index contributed by atoms with van der Waals surface area (Å²) in [6, 6.07) is 14.6. The van der Waals surface area contributed by atoms with E-state index in [2.05, 4.69) is 5.32 Å². The van der Waals surface area contributed by atoms with Gasteiger partial charge >= 0.3 is 0 Å². The smallest absolute Gasteiger partial charge is 0.225 e. The number of halogens is 1. The molecule has 1 amide bonds. The maximum Gasteiger partial charge on any atom is 0.225 e. The van der Waals surface area contributed by atoms with Gasteiger partial charge in [0.1, 0.15) is 0 Å². The highest BCUT2D eigenvalue weighted by molar-refractivity contribution is 7.91. The first-order valence-corrected chi connectivity index (χ1v) is 10.4. The summed E-state index contributed by atoms with van der Waals surface area (Å²) in [6.07, 6.45) is 2.31. The van der Waals surface area contributed by atoms with Crippen molar-refractivity contribution < 1.29 is 13.2 Å². The van der Waals surface area contributed by atoms with Crippen molar-refractivity contribution in [2.24, 2.45) is 0 Å². The Morgan fingerprint density at radius 2 is 1.84 bits per heavy atom. The molecule has 25 heavy (non-hydrogen) atoms. The van der Waals surface area contributed by atoms with Crippen molar-refractivity contribution in [3.63, 3.8) is 0 Å². The molecule has 0 aliphatic heterocycles. The van der Waals surface area contributed by atoms with Crippen LogP contribution in [0.15, 0.2) is 48.5 Å². The predicted molar refractivity (Wildman–Crippen MR) is 101 cm³/mol. The van der Waals surface area contributed by atoms with Crippen molar-refractivity contribution in [1.82, 2.24) is 0 Å². The van der Waals surface area contributed by atoms with Crippen LogP contribution in [-0.4, -0.2) is 20.1 Å². The fourth-order valence-electron chi connectivity index (χ4n) is 3.23. The summed E-state index contributed by atoms with van der Waals surface area (Å²) >= 11 is 6.00. The van der Waals surface area contributed by atoms with Crippen LogP contribution in [0, 0.1) is 0 Å². The van der Waals surface area contributed by atoms with Gasteiger partial charge in [0.05, 0.1) is 21.7 Å². The molecule has 1 atom stereocenters. The third kappa shape index (κ3) is 4.22. The minimum absolute atomic E-state index is 0.0772. The molecule has 1 aliphatic rings. The van der Waals surface area contributed by atoms with Gasteiger partial charge in [0.25, 0.3) is 0 Å². The molecule has 6 heteroatoms. The minimum atomic E-state index is -3.39. The molecule has 0 aromatic heterocycles. The van der Waals surface area contributed by atoms with Crippen LogP contribution in [0.1, 0.15) is 35.6 Å². The molecule has 0 bridgehead atoms. The first-order chi connectivity index (χ1) is 12.0. The molecule has 0 fully saturated rings. The maximum absolute atomic E-state index is 12.8. The molecule has 2 aromatic carbocycles. The summed E-state index contributed by atoms with van der Waals surface area (Å²) in [4.78, 5) is 12.1.